The van der Waals surface area contributed by atoms with E-state index in [9.17, 15) is 10.1 Å². The van der Waals surface area contributed by atoms with E-state index in [0.717, 1.165) is 28.6 Å². The lowest BCUT2D eigenvalue weighted by molar-refractivity contribution is -0.380. The van der Waals surface area contributed by atoms with E-state index in [1.54, 1.807) is 6.07 Å². The van der Waals surface area contributed by atoms with Gasteiger partial charge in [0.05, 0.1) is 9.92 Å². The van der Waals surface area contributed by atoms with Crippen molar-refractivity contribution in [2.75, 3.05) is 23.8 Å². The lowest BCUT2D eigenvalue weighted by atomic mass is 10.2. The van der Waals surface area contributed by atoms with Gasteiger partial charge in [0.25, 0.3) is 0 Å². The first-order valence-corrected chi connectivity index (χ1v) is 7.15. The van der Waals surface area contributed by atoms with Gasteiger partial charge in [0.1, 0.15) is 0 Å². The van der Waals surface area contributed by atoms with Gasteiger partial charge >= 0.3 is 5.00 Å². The van der Waals surface area contributed by atoms with E-state index in [1.807, 2.05) is 25.2 Å². The third-order valence-corrected chi connectivity index (χ3v) is 4.16. The fourth-order valence-electron chi connectivity index (χ4n) is 1.82. The maximum atomic E-state index is 10.6. The molecule has 0 aliphatic heterocycles. The quantitative estimate of drug-likeness (QED) is 0.652. The summed E-state index contributed by atoms with van der Waals surface area (Å²) in [7, 11) is 2.04. The third kappa shape index (κ3) is 3.48. The van der Waals surface area contributed by atoms with Crippen LogP contribution in [0.15, 0.2) is 42.5 Å². The molecule has 2 aromatic rings. The smallest absolute Gasteiger partial charge is 0.326 e. The Morgan fingerprint density at radius 3 is 2.60 bits per heavy atom. The van der Waals surface area contributed by atoms with Crippen LogP contribution < -0.4 is 10.2 Å². The van der Waals surface area contributed by atoms with E-state index in [-0.39, 0.29) is 16.0 Å². The van der Waals surface area contributed by atoms with Crippen LogP contribution >= 0.6 is 11.3 Å². The molecular weight excluding hydrogens is 274 g/mol. The van der Waals surface area contributed by atoms with Gasteiger partial charge in [-0.05, 0) is 36.5 Å². The number of anilines is 2. The summed E-state index contributed by atoms with van der Waals surface area (Å²) in [6.45, 7) is 2.84. The molecule has 0 saturated heterocycles. The number of rotatable bonds is 6. The zero-order chi connectivity index (χ0) is 14.5. The first-order valence-electron chi connectivity index (χ1n) is 6.34. The minimum Gasteiger partial charge on any atom is -0.375 e. The Kier molecular flexibility index (Phi) is 4.57. The van der Waals surface area contributed by atoms with Crippen LogP contribution in [0.5, 0.6) is 0 Å². The zero-order valence-corrected chi connectivity index (χ0v) is 12.3. The molecule has 0 amide bonds. The molecule has 1 N–H and O–H groups in total. The van der Waals surface area contributed by atoms with E-state index in [1.165, 1.54) is 6.07 Å². The van der Waals surface area contributed by atoms with Gasteiger partial charge in [-0.2, -0.15) is 0 Å². The van der Waals surface area contributed by atoms with E-state index >= 15 is 0 Å². The summed E-state index contributed by atoms with van der Waals surface area (Å²) in [5.41, 5.74) is 1.15. The highest BCUT2D eigenvalue weighted by molar-refractivity contribution is 7.19. The van der Waals surface area contributed by atoms with Crippen molar-refractivity contribution in [3.8, 4) is 0 Å². The van der Waals surface area contributed by atoms with Crippen molar-refractivity contribution in [3.05, 3.63) is 52.6 Å². The standard InChI is InChI=1S/C14H17N3O2S/c1-11(16(2)12-6-4-3-5-7-12)10-15-13-8-9-14(20-13)17(18)19/h3-9,11,15H,10H2,1-2H3. The molecule has 0 fully saturated rings. The van der Waals surface area contributed by atoms with Crippen molar-refractivity contribution in [2.24, 2.45) is 0 Å². The van der Waals surface area contributed by atoms with Crippen LogP contribution in [-0.4, -0.2) is 24.6 Å². The Hall–Kier alpha value is -2.08. The summed E-state index contributed by atoms with van der Waals surface area (Å²) in [5.74, 6) is 0. The molecule has 1 unspecified atom stereocenters. The Bertz CT molecular complexity index is 571. The summed E-state index contributed by atoms with van der Waals surface area (Å²) in [6.07, 6.45) is 0. The van der Waals surface area contributed by atoms with E-state index in [4.69, 9.17) is 0 Å². The second-order valence-corrected chi connectivity index (χ2v) is 5.63. The van der Waals surface area contributed by atoms with Gasteiger partial charge in [-0.3, -0.25) is 10.1 Å². The van der Waals surface area contributed by atoms with Gasteiger partial charge in [0, 0.05) is 31.4 Å². The Balaban J connectivity index is 1.91. The van der Waals surface area contributed by atoms with Gasteiger partial charge in [-0.15, -0.1) is 0 Å². The van der Waals surface area contributed by atoms with Crippen LogP contribution in [0.3, 0.4) is 0 Å². The number of nitrogens with zero attached hydrogens (tertiary/aromatic N) is 2. The maximum Gasteiger partial charge on any atom is 0.326 e. The molecule has 0 spiro atoms. The minimum absolute atomic E-state index is 0.163. The van der Waals surface area contributed by atoms with Gasteiger partial charge in [-0.25, -0.2) is 0 Å². The van der Waals surface area contributed by atoms with Gasteiger partial charge in [0.15, 0.2) is 0 Å². The first-order chi connectivity index (χ1) is 9.58. The predicted octanol–water partition coefficient (Wildman–Crippen LogP) is 3.59. The lowest BCUT2D eigenvalue weighted by Crippen LogP contribution is -2.34. The van der Waals surface area contributed by atoms with Crippen LogP contribution in [0, 0.1) is 10.1 Å². The molecule has 0 radical (unpaired) electrons. The van der Waals surface area contributed by atoms with Crippen molar-refractivity contribution < 1.29 is 4.92 Å². The van der Waals surface area contributed by atoms with Crippen molar-refractivity contribution in [3.63, 3.8) is 0 Å². The van der Waals surface area contributed by atoms with Gasteiger partial charge in [0.2, 0.25) is 0 Å². The largest absolute Gasteiger partial charge is 0.375 e. The minimum atomic E-state index is -0.366. The number of nitro groups is 1. The summed E-state index contributed by atoms with van der Waals surface area (Å²) < 4.78 is 0. The molecule has 1 heterocycles. The van der Waals surface area contributed by atoms with Crippen LogP contribution in [0.1, 0.15) is 6.92 Å². The summed E-state index contributed by atoms with van der Waals surface area (Å²) >= 11 is 1.16. The Morgan fingerprint density at radius 2 is 2.00 bits per heavy atom. The van der Waals surface area contributed by atoms with Crippen molar-refractivity contribution in [1.29, 1.82) is 0 Å². The highest BCUT2D eigenvalue weighted by Crippen LogP contribution is 2.28. The second-order valence-electron chi connectivity index (χ2n) is 4.57. The number of para-hydroxylation sites is 1. The van der Waals surface area contributed by atoms with Gasteiger partial charge < -0.3 is 10.2 Å². The normalized spacial score (nSPS) is 11.9. The molecule has 1 aromatic heterocycles. The molecule has 0 aliphatic carbocycles. The number of hydrogen-bond acceptors (Lipinski definition) is 5. The van der Waals surface area contributed by atoms with E-state index < -0.39 is 0 Å². The molecule has 5 nitrogen and oxygen atoms in total. The Labute approximate surface area is 122 Å². The molecule has 0 bridgehead atoms. The summed E-state index contributed by atoms with van der Waals surface area (Å²) in [5, 5.41) is 14.9. The van der Waals surface area contributed by atoms with Crippen molar-refractivity contribution in [1.82, 2.24) is 0 Å². The molecule has 2 rings (SSSR count). The average molecular weight is 291 g/mol. The monoisotopic (exact) mass is 291 g/mol. The lowest BCUT2D eigenvalue weighted by Gasteiger charge is -2.27. The first kappa shape index (κ1) is 14.3. The van der Waals surface area contributed by atoms with Crippen molar-refractivity contribution >= 4 is 27.0 Å². The molecule has 1 aromatic carbocycles. The van der Waals surface area contributed by atoms with Crippen LogP contribution in [0.4, 0.5) is 15.7 Å². The number of thiophene rings is 1. The fourth-order valence-corrected chi connectivity index (χ4v) is 2.55. The van der Waals surface area contributed by atoms with Crippen LogP contribution in [0.25, 0.3) is 0 Å². The zero-order valence-electron chi connectivity index (χ0n) is 11.4. The van der Waals surface area contributed by atoms with Crippen LogP contribution in [0.2, 0.25) is 0 Å². The summed E-state index contributed by atoms with van der Waals surface area (Å²) in [6, 6.07) is 13.7. The molecule has 106 valence electrons. The molecule has 20 heavy (non-hydrogen) atoms. The number of nitrogens with one attached hydrogen (secondary N) is 1. The average Bonchev–Trinajstić information content (AvgIpc) is 2.94. The Morgan fingerprint density at radius 1 is 1.30 bits per heavy atom. The summed E-state index contributed by atoms with van der Waals surface area (Å²) in [4.78, 5) is 12.4. The maximum absolute atomic E-state index is 10.6. The van der Waals surface area contributed by atoms with Crippen molar-refractivity contribution in [2.45, 2.75) is 13.0 Å². The molecule has 6 heteroatoms. The van der Waals surface area contributed by atoms with Crippen LogP contribution in [-0.2, 0) is 0 Å². The molecule has 1 atom stereocenters. The highest BCUT2D eigenvalue weighted by Gasteiger charge is 2.12. The van der Waals surface area contributed by atoms with Gasteiger partial charge in [-0.1, -0.05) is 18.2 Å². The second kappa shape index (κ2) is 6.38. The predicted molar refractivity (Wildman–Crippen MR) is 83.8 cm³/mol. The number of likely N-dealkylation sites (N-methyl/N-ethyl adjacent to an activating group) is 1. The topological polar surface area (TPSA) is 58.4 Å². The molecule has 0 aliphatic rings. The van der Waals surface area contributed by atoms with E-state index in [2.05, 4.69) is 29.3 Å². The fraction of sp³-hybridized carbons (Fsp3) is 0.286. The third-order valence-electron chi connectivity index (χ3n) is 3.17. The SMILES string of the molecule is CC(CNc1ccc([N+](=O)[O-])s1)N(C)c1ccccc1. The number of hydrogen-bond donors (Lipinski definition) is 1. The number of benzene rings is 1. The molecular formula is C14H17N3O2S. The molecule has 0 saturated carbocycles. The van der Waals surface area contributed by atoms with E-state index in [0.29, 0.717) is 0 Å². The highest BCUT2D eigenvalue weighted by atomic mass is 32.1.